The molecule has 0 aliphatic carbocycles. The summed E-state index contributed by atoms with van der Waals surface area (Å²) in [6, 6.07) is 5.14. The number of ether oxygens (including phenoxy) is 1. The van der Waals surface area contributed by atoms with Gasteiger partial charge in [0.25, 0.3) is 0 Å². The molecule has 0 saturated heterocycles. The van der Waals surface area contributed by atoms with E-state index in [1.807, 2.05) is 18.2 Å². The fourth-order valence-corrected chi connectivity index (χ4v) is 1.87. The van der Waals surface area contributed by atoms with Crippen molar-refractivity contribution in [2.45, 2.75) is 39.7 Å². The molecule has 1 atom stereocenters. The van der Waals surface area contributed by atoms with Crippen molar-refractivity contribution >= 4 is 5.97 Å². The fraction of sp³-hybridized carbons (Fsp3) is 0.533. The summed E-state index contributed by atoms with van der Waals surface area (Å²) in [6.07, 6.45) is 0. The highest BCUT2D eigenvalue weighted by Gasteiger charge is 2.36. The number of benzene rings is 1. The number of hydrogen-bond acceptors (Lipinski definition) is 3. The van der Waals surface area contributed by atoms with E-state index in [9.17, 15) is 9.90 Å². The lowest BCUT2D eigenvalue weighted by Crippen LogP contribution is -2.36. The molecule has 0 aliphatic heterocycles. The normalized spacial score (nSPS) is 13.4. The average molecular weight is 265 g/mol. The van der Waals surface area contributed by atoms with Gasteiger partial charge in [-0.25, -0.2) is 0 Å². The summed E-state index contributed by atoms with van der Waals surface area (Å²) in [7, 11) is 1.57. The quantitative estimate of drug-likeness (QED) is 0.858. The van der Waals surface area contributed by atoms with Gasteiger partial charge in [-0.1, -0.05) is 26.0 Å². The zero-order chi connectivity index (χ0) is 14.8. The highest BCUT2D eigenvalue weighted by atomic mass is 16.5. The van der Waals surface area contributed by atoms with E-state index in [-0.39, 0.29) is 0 Å². The maximum absolute atomic E-state index is 11.3. The molecule has 4 heteroatoms. The number of carbonyl (C=O) groups is 1. The van der Waals surface area contributed by atoms with Crippen LogP contribution >= 0.6 is 0 Å². The Labute approximate surface area is 114 Å². The molecule has 1 unspecified atom stereocenters. The Hall–Kier alpha value is -1.55. The monoisotopic (exact) mass is 265 g/mol. The number of rotatable bonds is 5. The van der Waals surface area contributed by atoms with Gasteiger partial charge in [0.1, 0.15) is 5.75 Å². The fourth-order valence-electron chi connectivity index (χ4n) is 1.87. The number of aliphatic carboxylic acids is 1. The van der Waals surface area contributed by atoms with E-state index in [0.29, 0.717) is 11.7 Å². The van der Waals surface area contributed by atoms with Crippen LogP contribution in [0.3, 0.4) is 0 Å². The lowest BCUT2D eigenvalue weighted by Gasteiger charge is -2.28. The summed E-state index contributed by atoms with van der Waals surface area (Å²) in [5, 5.41) is 9.26. The van der Waals surface area contributed by atoms with Gasteiger partial charge in [0.05, 0.1) is 12.5 Å². The Kier molecular flexibility index (Phi) is 4.58. The maximum atomic E-state index is 11.3. The molecule has 0 fully saturated rings. The smallest absolute Gasteiger partial charge is 0.311 e. The van der Waals surface area contributed by atoms with Gasteiger partial charge in [-0.05, 0) is 31.4 Å². The van der Waals surface area contributed by atoms with Crippen LogP contribution < -0.4 is 10.5 Å². The van der Waals surface area contributed by atoms with Crippen molar-refractivity contribution < 1.29 is 14.6 Å². The van der Waals surface area contributed by atoms with Crippen molar-refractivity contribution in [3.05, 3.63) is 29.3 Å². The van der Waals surface area contributed by atoms with Gasteiger partial charge < -0.3 is 15.6 Å². The minimum atomic E-state index is -1.05. The summed E-state index contributed by atoms with van der Waals surface area (Å²) in [5.74, 6) is 0.106. The van der Waals surface area contributed by atoms with E-state index in [2.05, 4.69) is 13.8 Å². The van der Waals surface area contributed by atoms with Crippen molar-refractivity contribution in [3.63, 3.8) is 0 Å². The largest absolute Gasteiger partial charge is 0.496 e. The molecular formula is C15H23NO3. The molecular weight excluding hydrogens is 242 g/mol. The molecule has 0 radical (unpaired) electrons. The van der Waals surface area contributed by atoms with Crippen LogP contribution in [-0.2, 0) is 4.79 Å². The Morgan fingerprint density at radius 2 is 1.95 bits per heavy atom. The van der Waals surface area contributed by atoms with E-state index in [4.69, 9.17) is 10.5 Å². The summed E-state index contributed by atoms with van der Waals surface area (Å²) in [6.45, 7) is 7.43. The predicted molar refractivity (Wildman–Crippen MR) is 75.4 cm³/mol. The van der Waals surface area contributed by atoms with Crippen LogP contribution in [0.25, 0.3) is 0 Å². The number of carboxylic acid groups (broad SMARTS) is 1. The molecule has 0 aliphatic rings. The Morgan fingerprint density at radius 3 is 2.37 bits per heavy atom. The molecule has 4 nitrogen and oxygen atoms in total. The van der Waals surface area contributed by atoms with Crippen molar-refractivity contribution in [3.8, 4) is 5.75 Å². The van der Waals surface area contributed by atoms with Crippen molar-refractivity contribution in [2.24, 2.45) is 11.1 Å². The number of methoxy groups -OCH3 is 1. The van der Waals surface area contributed by atoms with Gasteiger partial charge in [0.15, 0.2) is 0 Å². The van der Waals surface area contributed by atoms with Gasteiger partial charge in [0, 0.05) is 11.6 Å². The van der Waals surface area contributed by atoms with Crippen molar-refractivity contribution in [1.29, 1.82) is 0 Å². The molecule has 1 aromatic rings. The first-order valence-corrected chi connectivity index (χ1v) is 6.38. The van der Waals surface area contributed by atoms with Crippen molar-refractivity contribution in [2.75, 3.05) is 7.11 Å². The minimum Gasteiger partial charge on any atom is -0.496 e. The summed E-state index contributed by atoms with van der Waals surface area (Å²) in [5.41, 5.74) is 6.93. The number of hydrogen-bond donors (Lipinski definition) is 2. The molecule has 106 valence electrons. The Bertz CT molecular complexity index is 466. The first-order valence-electron chi connectivity index (χ1n) is 6.38. The third kappa shape index (κ3) is 3.07. The first-order chi connectivity index (χ1) is 8.71. The second kappa shape index (κ2) is 5.61. The van der Waals surface area contributed by atoms with E-state index in [1.165, 1.54) is 0 Å². The van der Waals surface area contributed by atoms with Crippen LogP contribution in [0, 0.1) is 5.41 Å². The van der Waals surface area contributed by atoms with E-state index < -0.39 is 17.4 Å². The topological polar surface area (TPSA) is 72.5 Å². The van der Waals surface area contributed by atoms with Gasteiger partial charge in [0.2, 0.25) is 0 Å². The lowest BCUT2D eigenvalue weighted by atomic mass is 9.80. The predicted octanol–water partition coefficient (Wildman–Crippen LogP) is 2.93. The van der Waals surface area contributed by atoms with Crippen LogP contribution in [-0.4, -0.2) is 18.2 Å². The van der Waals surface area contributed by atoms with Gasteiger partial charge >= 0.3 is 5.97 Å². The third-order valence-corrected chi connectivity index (χ3v) is 3.59. The molecule has 19 heavy (non-hydrogen) atoms. The van der Waals surface area contributed by atoms with Crippen LogP contribution in [0.4, 0.5) is 0 Å². The number of carboxylic acids is 1. The Balaban J connectivity index is 3.24. The van der Waals surface area contributed by atoms with Gasteiger partial charge in [-0.3, -0.25) is 4.79 Å². The molecule has 0 spiro atoms. The van der Waals surface area contributed by atoms with Gasteiger partial charge in [-0.15, -0.1) is 0 Å². The molecule has 0 aromatic heterocycles. The molecule has 0 heterocycles. The highest BCUT2D eigenvalue weighted by Crippen LogP contribution is 2.37. The lowest BCUT2D eigenvalue weighted by molar-refractivity contribution is -0.148. The zero-order valence-electron chi connectivity index (χ0n) is 12.2. The molecule has 1 rings (SSSR count). The van der Waals surface area contributed by atoms with E-state index in [1.54, 1.807) is 21.0 Å². The Morgan fingerprint density at radius 1 is 1.37 bits per heavy atom. The second-order valence-corrected chi connectivity index (χ2v) is 5.66. The van der Waals surface area contributed by atoms with Crippen LogP contribution in [0.2, 0.25) is 0 Å². The minimum absolute atomic E-state index is 0.381. The molecule has 0 saturated carbocycles. The molecule has 1 aromatic carbocycles. The SMILES string of the molecule is COc1cc(C(C)C)ccc1C(N)C(C)(C)C(=O)O. The van der Waals surface area contributed by atoms with Crippen LogP contribution in [0.15, 0.2) is 18.2 Å². The molecule has 0 bridgehead atoms. The van der Waals surface area contributed by atoms with Crippen LogP contribution in [0.5, 0.6) is 5.75 Å². The second-order valence-electron chi connectivity index (χ2n) is 5.66. The first kappa shape index (κ1) is 15.5. The van der Waals surface area contributed by atoms with Crippen molar-refractivity contribution in [1.82, 2.24) is 0 Å². The summed E-state index contributed by atoms with van der Waals surface area (Å²) < 4.78 is 5.36. The standard InChI is InChI=1S/C15H23NO3/c1-9(2)10-6-7-11(12(8-10)19-5)13(16)15(3,4)14(17)18/h6-9,13H,16H2,1-5H3,(H,17,18). The van der Waals surface area contributed by atoms with Crippen LogP contribution in [0.1, 0.15) is 50.8 Å². The van der Waals surface area contributed by atoms with E-state index in [0.717, 1.165) is 11.1 Å². The molecule has 3 N–H and O–H groups in total. The van der Waals surface area contributed by atoms with Gasteiger partial charge in [-0.2, -0.15) is 0 Å². The summed E-state index contributed by atoms with van der Waals surface area (Å²) in [4.78, 5) is 11.3. The maximum Gasteiger partial charge on any atom is 0.311 e. The third-order valence-electron chi connectivity index (χ3n) is 3.59. The molecule has 0 amide bonds. The average Bonchev–Trinajstić information content (AvgIpc) is 2.36. The number of nitrogens with two attached hydrogens (primary N) is 1. The zero-order valence-corrected chi connectivity index (χ0v) is 12.2. The highest BCUT2D eigenvalue weighted by molar-refractivity contribution is 5.75. The summed E-state index contributed by atoms with van der Waals surface area (Å²) >= 11 is 0. The van der Waals surface area contributed by atoms with E-state index >= 15 is 0 Å².